The molecule has 2 aromatic rings. The summed E-state index contributed by atoms with van der Waals surface area (Å²) in [5, 5.41) is 11.5. The number of pyridine rings is 1. The average Bonchev–Trinajstić information content (AvgIpc) is 2.34. The van der Waals surface area contributed by atoms with Gasteiger partial charge in [-0.1, -0.05) is 0 Å². The molecule has 0 spiro atoms. The molecule has 2 rings (SSSR count). The predicted molar refractivity (Wildman–Crippen MR) is 37.2 cm³/mol. The van der Waals surface area contributed by atoms with Gasteiger partial charge in [0.15, 0.2) is 5.82 Å². The Balaban J connectivity index is 2.91. The van der Waals surface area contributed by atoms with Crippen molar-refractivity contribution in [3.05, 3.63) is 35.6 Å². The predicted octanol–water partition coefficient (Wildman–Crippen LogP) is 0.940. The van der Waals surface area contributed by atoms with Gasteiger partial charge in [0.25, 0.3) is 5.65 Å². The number of nitrogens with zero attached hydrogens (tertiary/aromatic N) is 1. The van der Waals surface area contributed by atoms with E-state index in [0.29, 0.717) is 15.8 Å². The number of aromatic amines is 1. The van der Waals surface area contributed by atoms with Crippen molar-refractivity contribution >= 4 is 11.0 Å². The molecule has 0 radical (unpaired) electrons. The Kier molecular flexibility index (Phi) is 1.09. The van der Waals surface area contributed by atoms with Crippen molar-refractivity contribution in [2.45, 2.75) is 0 Å². The second kappa shape index (κ2) is 1.95. The van der Waals surface area contributed by atoms with Gasteiger partial charge in [-0.2, -0.15) is 0 Å². The first-order valence-corrected chi connectivity index (χ1v) is 3.13. The zero-order valence-corrected chi connectivity index (χ0v) is 5.54. The smallest absolute Gasteiger partial charge is 0.289 e. The van der Waals surface area contributed by atoms with E-state index < -0.39 is 5.82 Å². The summed E-state index contributed by atoms with van der Waals surface area (Å²) in [4.78, 5) is 2.70. The summed E-state index contributed by atoms with van der Waals surface area (Å²) in [6.45, 7) is 0. The van der Waals surface area contributed by atoms with Crippen molar-refractivity contribution in [1.29, 1.82) is 0 Å². The van der Waals surface area contributed by atoms with Gasteiger partial charge in [0.1, 0.15) is 6.20 Å². The molecular formula is C7H5FN2O. The Morgan fingerprint density at radius 2 is 2.36 bits per heavy atom. The number of hydrogen-bond donors (Lipinski definition) is 1. The fourth-order valence-corrected chi connectivity index (χ4v) is 1.04. The molecule has 0 saturated carbocycles. The van der Waals surface area contributed by atoms with E-state index in [9.17, 15) is 9.60 Å². The average molecular weight is 152 g/mol. The van der Waals surface area contributed by atoms with E-state index in [-0.39, 0.29) is 0 Å². The van der Waals surface area contributed by atoms with Crippen molar-refractivity contribution in [1.82, 2.24) is 4.98 Å². The van der Waals surface area contributed by atoms with Gasteiger partial charge >= 0.3 is 0 Å². The number of aromatic nitrogens is 2. The zero-order chi connectivity index (χ0) is 7.84. The SMILES string of the molecule is [O-][n+]1cc(F)cc2cc[nH]c21. The summed E-state index contributed by atoms with van der Waals surface area (Å²) in [6, 6.07) is 2.95. The van der Waals surface area contributed by atoms with Crippen molar-refractivity contribution in [2.75, 3.05) is 0 Å². The van der Waals surface area contributed by atoms with Gasteiger partial charge in [0.2, 0.25) is 0 Å². The molecule has 2 aromatic heterocycles. The van der Waals surface area contributed by atoms with E-state index in [2.05, 4.69) is 4.98 Å². The van der Waals surface area contributed by atoms with Crippen LogP contribution in [0, 0.1) is 11.0 Å². The monoisotopic (exact) mass is 152 g/mol. The molecule has 0 atom stereocenters. The molecule has 4 heteroatoms. The van der Waals surface area contributed by atoms with Gasteiger partial charge in [-0.25, -0.2) is 14.1 Å². The summed E-state index contributed by atoms with van der Waals surface area (Å²) in [6.07, 6.45) is 2.48. The number of hydrogen-bond acceptors (Lipinski definition) is 1. The summed E-state index contributed by atoms with van der Waals surface area (Å²) in [5.74, 6) is -0.521. The molecule has 56 valence electrons. The second-order valence-electron chi connectivity index (χ2n) is 2.27. The fourth-order valence-electron chi connectivity index (χ4n) is 1.04. The maximum atomic E-state index is 12.5. The van der Waals surface area contributed by atoms with E-state index in [4.69, 9.17) is 0 Å². The van der Waals surface area contributed by atoms with Gasteiger partial charge in [-0.3, -0.25) is 0 Å². The molecule has 0 aliphatic heterocycles. The van der Waals surface area contributed by atoms with Crippen LogP contribution in [0.3, 0.4) is 0 Å². The first-order chi connectivity index (χ1) is 5.27. The highest BCUT2D eigenvalue weighted by atomic mass is 19.1. The number of halogens is 1. The lowest BCUT2D eigenvalue weighted by Gasteiger charge is -2.00. The Labute approximate surface area is 61.7 Å². The minimum absolute atomic E-state index is 0.381. The zero-order valence-electron chi connectivity index (χ0n) is 5.54. The van der Waals surface area contributed by atoms with E-state index >= 15 is 0 Å². The van der Waals surface area contributed by atoms with Crippen molar-refractivity contribution < 1.29 is 9.12 Å². The van der Waals surface area contributed by atoms with Crippen molar-refractivity contribution in [3.63, 3.8) is 0 Å². The first kappa shape index (κ1) is 6.15. The van der Waals surface area contributed by atoms with Crippen LogP contribution in [-0.2, 0) is 0 Å². The molecule has 3 nitrogen and oxygen atoms in total. The third kappa shape index (κ3) is 0.832. The van der Waals surface area contributed by atoms with Crippen LogP contribution in [0.2, 0.25) is 0 Å². The minimum atomic E-state index is -0.521. The standard InChI is InChI=1S/C7H5FN2O/c8-6-3-5-1-2-9-7(5)10(11)4-6/h1-4,9H. The molecule has 0 fully saturated rings. The number of fused-ring (bicyclic) bond motifs is 1. The molecule has 0 aliphatic rings. The summed E-state index contributed by atoms with van der Waals surface area (Å²) in [5.41, 5.74) is 0.381. The van der Waals surface area contributed by atoms with E-state index in [0.717, 1.165) is 6.20 Å². The highest BCUT2D eigenvalue weighted by Gasteiger charge is 2.04. The Hall–Kier alpha value is -1.58. The number of H-pyrrole nitrogens is 1. The van der Waals surface area contributed by atoms with Crippen LogP contribution in [0.4, 0.5) is 4.39 Å². The van der Waals surface area contributed by atoms with Crippen LogP contribution in [-0.4, -0.2) is 4.98 Å². The third-order valence-corrected chi connectivity index (χ3v) is 1.51. The maximum absolute atomic E-state index is 12.5. The highest BCUT2D eigenvalue weighted by Crippen LogP contribution is 2.07. The lowest BCUT2D eigenvalue weighted by Crippen LogP contribution is -2.27. The van der Waals surface area contributed by atoms with Crippen LogP contribution in [0.25, 0.3) is 11.0 Å². The lowest BCUT2D eigenvalue weighted by atomic mass is 10.3. The van der Waals surface area contributed by atoms with Gasteiger partial charge in [0.05, 0.1) is 11.6 Å². The molecule has 0 amide bonds. The topological polar surface area (TPSA) is 42.7 Å². The molecule has 0 bridgehead atoms. The molecular weight excluding hydrogens is 147 g/mol. The van der Waals surface area contributed by atoms with Crippen LogP contribution >= 0.6 is 0 Å². The molecule has 0 aliphatic carbocycles. The maximum Gasteiger partial charge on any atom is 0.289 e. The van der Waals surface area contributed by atoms with Gasteiger partial charge in [-0.05, 0) is 12.1 Å². The molecule has 11 heavy (non-hydrogen) atoms. The lowest BCUT2D eigenvalue weighted by molar-refractivity contribution is -0.580. The minimum Gasteiger partial charge on any atom is -0.710 e. The van der Waals surface area contributed by atoms with Gasteiger partial charge in [0, 0.05) is 0 Å². The Morgan fingerprint density at radius 1 is 1.55 bits per heavy atom. The number of nitrogens with one attached hydrogen (secondary N) is 1. The normalized spacial score (nSPS) is 10.6. The largest absolute Gasteiger partial charge is 0.710 e. The van der Waals surface area contributed by atoms with E-state index in [1.807, 2.05) is 0 Å². The summed E-state index contributed by atoms with van der Waals surface area (Å²) < 4.78 is 13.0. The Morgan fingerprint density at radius 3 is 3.18 bits per heavy atom. The van der Waals surface area contributed by atoms with Crippen molar-refractivity contribution in [3.8, 4) is 0 Å². The fraction of sp³-hybridized carbons (Fsp3) is 0. The quantitative estimate of drug-likeness (QED) is 0.443. The van der Waals surface area contributed by atoms with Crippen LogP contribution in [0.15, 0.2) is 24.5 Å². The van der Waals surface area contributed by atoms with E-state index in [1.54, 1.807) is 12.3 Å². The highest BCUT2D eigenvalue weighted by molar-refractivity contribution is 5.72. The van der Waals surface area contributed by atoms with E-state index in [1.165, 1.54) is 6.07 Å². The second-order valence-corrected chi connectivity index (χ2v) is 2.27. The summed E-state index contributed by atoms with van der Waals surface area (Å²) in [7, 11) is 0. The van der Waals surface area contributed by atoms with Gasteiger partial charge in [-0.15, -0.1) is 0 Å². The molecule has 0 aromatic carbocycles. The molecule has 0 saturated heterocycles. The van der Waals surface area contributed by atoms with Crippen molar-refractivity contribution in [2.24, 2.45) is 0 Å². The first-order valence-electron chi connectivity index (χ1n) is 3.13. The van der Waals surface area contributed by atoms with Crippen LogP contribution < -0.4 is 4.73 Å². The summed E-state index contributed by atoms with van der Waals surface area (Å²) >= 11 is 0. The van der Waals surface area contributed by atoms with Gasteiger partial charge < -0.3 is 5.21 Å². The molecule has 2 heterocycles. The van der Waals surface area contributed by atoms with Crippen LogP contribution in [0.1, 0.15) is 0 Å². The number of rotatable bonds is 0. The molecule has 0 unspecified atom stereocenters. The molecule has 1 N–H and O–H groups in total. The third-order valence-electron chi connectivity index (χ3n) is 1.51. The van der Waals surface area contributed by atoms with Crippen LogP contribution in [0.5, 0.6) is 0 Å². The Bertz CT molecular complexity index is 396.